The minimum Gasteiger partial charge on any atom is -0.387 e. The highest BCUT2D eigenvalue weighted by atomic mass is 16.3. The zero-order chi connectivity index (χ0) is 12.5. The van der Waals surface area contributed by atoms with Gasteiger partial charge in [0.1, 0.15) is 0 Å². The summed E-state index contributed by atoms with van der Waals surface area (Å²) in [6, 6.07) is 8.72. The van der Waals surface area contributed by atoms with E-state index in [9.17, 15) is 5.11 Å². The molecule has 18 heavy (non-hydrogen) atoms. The third-order valence-electron chi connectivity index (χ3n) is 4.42. The van der Waals surface area contributed by atoms with Crippen molar-refractivity contribution in [2.45, 2.75) is 25.5 Å². The number of fused-ring (bicyclic) bond motifs is 3. The van der Waals surface area contributed by atoms with Crippen molar-refractivity contribution in [1.82, 2.24) is 9.80 Å². The van der Waals surface area contributed by atoms with Crippen LogP contribution in [0, 0.1) is 0 Å². The molecule has 4 rings (SSSR count). The maximum Gasteiger partial charge on any atom is 0.0957 e. The van der Waals surface area contributed by atoms with Gasteiger partial charge in [-0.1, -0.05) is 31.2 Å². The average Bonchev–Trinajstić information content (AvgIpc) is 2.48. The first-order valence-electron chi connectivity index (χ1n) is 7.01. The molecule has 0 spiro atoms. The van der Waals surface area contributed by atoms with Crippen LogP contribution in [0.1, 0.15) is 24.2 Å². The quantitative estimate of drug-likeness (QED) is 0.870. The van der Waals surface area contributed by atoms with E-state index in [0.717, 1.165) is 44.7 Å². The van der Waals surface area contributed by atoms with Gasteiger partial charge in [0.25, 0.3) is 0 Å². The van der Waals surface area contributed by atoms with Gasteiger partial charge in [-0.15, -0.1) is 0 Å². The Balaban J connectivity index is 1.75. The van der Waals surface area contributed by atoms with Crippen LogP contribution in [0.4, 0.5) is 0 Å². The van der Waals surface area contributed by atoms with Crippen molar-refractivity contribution < 1.29 is 5.11 Å². The number of piperazine rings is 3. The Bertz CT molecular complexity index is 395. The summed E-state index contributed by atoms with van der Waals surface area (Å²) >= 11 is 0. The van der Waals surface area contributed by atoms with Crippen molar-refractivity contribution in [3.63, 3.8) is 0 Å². The van der Waals surface area contributed by atoms with E-state index < -0.39 is 0 Å². The molecule has 3 aliphatic heterocycles. The largest absolute Gasteiger partial charge is 0.387 e. The summed E-state index contributed by atoms with van der Waals surface area (Å²) < 4.78 is 0. The zero-order valence-corrected chi connectivity index (χ0v) is 11.0. The molecule has 1 N–H and O–H groups in total. The Morgan fingerprint density at radius 2 is 1.83 bits per heavy atom. The molecule has 1 aromatic carbocycles. The van der Waals surface area contributed by atoms with E-state index in [1.165, 1.54) is 5.56 Å². The van der Waals surface area contributed by atoms with Crippen LogP contribution >= 0.6 is 0 Å². The van der Waals surface area contributed by atoms with E-state index >= 15 is 0 Å². The van der Waals surface area contributed by atoms with E-state index in [0.29, 0.717) is 0 Å². The maximum absolute atomic E-state index is 10.6. The number of benzene rings is 1. The molecule has 98 valence electrons. The lowest BCUT2D eigenvalue weighted by Gasteiger charge is -2.49. The lowest BCUT2D eigenvalue weighted by Crippen LogP contribution is -2.62. The van der Waals surface area contributed by atoms with Crippen molar-refractivity contribution in [2.24, 2.45) is 0 Å². The zero-order valence-electron chi connectivity index (χ0n) is 11.0. The van der Waals surface area contributed by atoms with Crippen LogP contribution in [0.3, 0.4) is 0 Å². The molecule has 0 amide bonds. The van der Waals surface area contributed by atoms with E-state index in [1.807, 2.05) is 0 Å². The third kappa shape index (κ3) is 2.18. The first-order chi connectivity index (χ1) is 8.78. The fourth-order valence-corrected chi connectivity index (χ4v) is 3.13. The fraction of sp³-hybridized carbons (Fsp3) is 0.600. The van der Waals surface area contributed by atoms with Crippen molar-refractivity contribution in [3.8, 4) is 0 Å². The number of nitrogens with zero attached hydrogens (tertiary/aromatic N) is 2. The van der Waals surface area contributed by atoms with Gasteiger partial charge in [0, 0.05) is 32.7 Å². The molecule has 0 aromatic heterocycles. The molecular formula is C15H22N2O. The predicted molar refractivity (Wildman–Crippen MR) is 72.6 cm³/mol. The smallest absolute Gasteiger partial charge is 0.0957 e. The SMILES string of the molecule is CCc1ccc(C(O)C2CN3CCN2CC3)cc1. The van der Waals surface area contributed by atoms with Crippen LogP contribution in [-0.4, -0.2) is 53.7 Å². The number of aryl methyl sites for hydroxylation is 1. The van der Waals surface area contributed by atoms with Crippen LogP contribution in [0.15, 0.2) is 24.3 Å². The summed E-state index contributed by atoms with van der Waals surface area (Å²) in [6.45, 7) is 7.71. The van der Waals surface area contributed by atoms with Gasteiger partial charge in [0.05, 0.1) is 12.1 Å². The van der Waals surface area contributed by atoms with E-state index in [-0.39, 0.29) is 12.1 Å². The van der Waals surface area contributed by atoms with E-state index in [4.69, 9.17) is 0 Å². The van der Waals surface area contributed by atoms with Crippen molar-refractivity contribution in [1.29, 1.82) is 0 Å². The summed E-state index contributed by atoms with van der Waals surface area (Å²) in [5.41, 5.74) is 2.39. The Morgan fingerprint density at radius 1 is 1.17 bits per heavy atom. The molecule has 0 saturated carbocycles. The highest BCUT2D eigenvalue weighted by Crippen LogP contribution is 2.27. The van der Waals surface area contributed by atoms with Gasteiger partial charge >= 0.3 is 0 Å². The molecule has 3 saturated heterocycles. The molecule has 3 heterocycles. The minimum atomic E-state index is -0.348. The molecule has 2 atom stereocenters. The summed E-state index contributed by atoms with van der Waals surface area (Å²) in [6.07, 6.45) is 0.707. The summed E-state index contributed by atoms with van der Waals surface area (Å²) in [4.78, 5) is 4.91. The molecule has 2 bridgehead atoms. The number of aliphatic hydroxyl groups is 1. The Hall–Kier alpha value is -0.900. The monoisotopic (exact) mass is 246 g/mol. The summed E-state index contributed by atoms with van der Waals surface area (Å²) in [5, 5.41) is 10.6. The molecule has 3 nitrogen and oxygen atoms in total. The van der Waals surface area contributed by atoms with Gasteiger partial charge in [0.15, 0.2) is 0 Å². The van der Waals surface area contributed by atoms with Crippen LogP contribution in [0.2, 0.25) is 0 Å². The van der Waals surface area contributed by atoms with E-state index in [2.05, 4.69) is 41.0 Å². The van der Waals surface area contributed by atoms with Crippen LogP contribution in [0.25, 0.3) is 0 Å². The fourth-order valence-electron chi connectivity index (χ4n) is 3.13. The van der Waals surface area contributed by atoms with E-state index in [1.54, 1.807) is 0 Å². The molecule has 0 aliphatic carbocycles. The van der Waals surface area contributed by atoms with Crippen molar-refractivity contribution in [2.75, 3.05) is 32.7 Å². The minimum absolute atomic E-state index is 0.278. The van der Waals surface area contributed by atoms with Gasteiger partial charge in [0.2, 0.25) is 0 Å². The standard InChI is InChI=1S/C15H22N2O/c1-2-12-3-5-13(6-4-12)15(18)14-11-16-7-9-17(14)10-8-16/h3-6,14-15,18H,2,7-11H2,1H3. The molecular weight excluding hydrogens is 224 g/mol. The number of rotatable bonds is 3. The molecule has 3 heteroatoms. The Kier molecular flexibility index (Phi) is 3.37. The first-order valence-corrected chi connectivity index (χ1v) is 7.01. The summed E-state index contributed by atoms with van der Waals surface area (Å²) in [7, 11) is 0. The highest BCUT2D eigenvalue weighted by molar-refractivity contribution is 5.25. The van der Waals surface area contributed by atoms with Gasteiger partial charge in [-0.05, 0) is 17.5 Å². The van der Waals surface area contributed by atoms with Crippen LogP contribution in [0.5, 0.6) is 0 Å². The molecule has 3 fully saturated rings. The average molecular weight is 246 g/mol. The molecule has 2 unspecified atom stereocenters. The predicted octanol–water partition coefficient (Wildman–Crippen LogP) is 1.28. The Labute approximate surface area is 109 Å². The first kappa shape index (κ1) is 12.2. The highest BCUT2D eigenvalue weighted by Gasteiger charge is 2.36. The normalized spacial score (nSPS) is 32.4. The molecule has 0 radical (unpaired) electrons. The third-order valence-corrected chi connectivity index (χ3v) is 4.42. The van der Waals surface area contributed by atoms with Crippen LogP contribution in [-0.2, 0) is 6.42 Å². The van der Waals surface area contributed by atoms with Crippen molar-refractivity contribution >= 4 is 0 Å². The lowest BCUT2D eigenvalue weighted by molar-refractivity contribution is -0.0470. The topological polar surface area (TPSA) is 26.7 Å². The second-order valence-corrected chi connectivity index (χ2v) is 5.44. The van der Waals surface area contributed by atoms with Gasteiger partial charge in [-0.25, -0.2) is 0 Å². The lowest BCUT2D eigenvalue weighted by atomic mass is 9.95. The molecule has 3 aliphatic rings. The van der Waals surface area contributed by atoms with Gasteiger partial charge in [-0.3, -0.25) is 9.80 Å². The Morgan fingerprint density at radius 3 is 2.33 bits per heavy atom. The maximum atomic E-state index is 10.6. The van der Waals surface area contributed by atoms with Gasteiger partial charge < -0.3 is 5.11 Å². The number of hydrogen-bond donors (Lipinski definition) is 1. The number of hydrogen-bond acceptors (Lipinski definition) is 3. The van der Waals surface area contributed by atoms with Crippen LogP contribution < -0.4 is 0 Å². The van der Waals surface area contributed by atoms with Gasteiger partial charge in [-0.2, -0.15) is 0 Å². The second-order valence-electron chi connectivity index (χ2n) is 5.44. The second kappa shape index (κ2) is 5.00. The molecule has 1 aromatic rings. The van der Waals surface area contributed by atoms with Crippen molar-refractivity contribution in [3.05, 3.63) is 35.4 Å². The number of aliphatic hydroxyl groups excluding tert-OH is 1. The summed E-state index contributed by atoms with van der Waals surface area (Å²) in [5.74, 6) is 0.